The second kappa shape index (κ2) is 8.72. The van der Waals surface area contributed by atoms with Crippen LogP contribution in [0.4, 0.5) is 5.69 Å². The molecule has 0 spiro atoms. The molecule has 160 valence electrons. The number of fused-ring (bicyclic) bond motifs is 1. The summed E-state index contributed by atoms with van der Waals surface area (Å²) in [7, 11) is 1.67. The average molecular weight is 427 g/mol. The normalized spacial score (nSPS) is 20.0. The lowest BCUT2D eigenvalue weighted by atomic mass is 9.89. The van der Waals surface area contributed by atoms with Crippen molar-refractivity contribution in [2.45, 2.75) is 63.7 Å². The van der Waals surface area contributed by atoms with Crippen LogP contribution < -0.4 is 24.8 Å². The molecule has 0 unspecified atom stereocenters. The smallest absolute Gasteiger partial charge is 0.171 e. The summed E-state index contributed by atoms with van der Waals surface area (Å²) in [4.78, 5) is 0. The number of hydrogen-bond donors (Lipinski definition) is 2. The van der Waals surface area contributed by atoms with Gasteiger partial charge in [0, 0.05) is 17.7 Å². The summed E-state index contributed by atoms with van der Waals surface area (Å²) < 4.78 is 17.6. The Labute approximate surface area is 184 Å². The molecule has 5 nitrogen and oxygen atoms in total. The zero-order chi connectivity index (χ0) is 21.1. The van der Waals surface area contributed by atoms with E-state index in [0.29, 0.717) is 11.2 Å². The van der Waals surface area contributed by atoms with Crippen LogP contribution in [0.15, 0.2) is 42.5 Å². The summed E-state index contributed by atoms with van der Waals surface area (Å²) in [5.41, 5.74) is 1.70. The summed E-state index contributed by atoms with van der Waals surface area (Å²) in [6.07, 6.45) is 6.00. The van der Waals surface area contributed by atoms with Gasteiger partial charge in [0.15, 0.2) is 5.11 Å². The molecule has 0 aromatic heterocycles. The number of thiocarbonyl (C=S) groups is 1. The molecule has 1 heterocycles. The summed E-state index contributed by atoms with van der Waals surface area (Å²) in [6, 6.07) is 13.9. The van der Waals surface area contributed by atoms with Gasteiger partial charge in [0.2, 0.25) is 0 Å². The van der Waals surface area contributed by atoms with Gasteiger partial charge in [0.05, 0.1) is 19.3 Å². The van der Waals surface area contributed by atoms with Gasteiger partial charge in [-0.15, -0.1) is 0 Å². The van der Waals surface area contributed by atoms with Crippen molar-refractivity contribution in [3.05, 3.63) is 48.0 Å². The Bertz CT molecular complexity index is 892. The van der Waals surface area contributed by atoms with Crippen LogP contribution in [0.2, 0.25) is 0 Å². The zero-order valence-corrected chi connectivity index (χ0v) is 18.7. The maximum Gasteiger partial charge on any atom is 0.171 e. The highest BCUT2D eigenvalue weighted by Gasteiger charge is 2.34. The van der Waals surface area contributed by atoms with Crippen molar-refractivity contribution in [3.8, 4) is 17.2 Å². The van der Waals surface area contributed by atoms with E-state index < -0.39 is 0 Å². The van der Waals surface area contributed by atoms with Crippen LogP contribution >= 0.6 is 12.2 Å². The molecule has 30 heavy (non-hydrogen) atoms. The molecule has 1 aliphatic carbocycles. The van der Waals surface area contributed by atoms with Crippen molar-refractivity contribution < 1.29 is 14.2 Å². The Kier molecular flexibility index (Phi) is 6.04. The van der Waals surface area contributed by atoms with E-state index in [0.717, 1.165) is 47.8 Å². The molecule has 2 aromatic carbocycles. The number of anilines is 1. The van der Waals surface area contributed by atoms with Crippen molar-refractivity contribution in [2.24, 2.45) is 0 Å². The lowest BCUT2D eigenvalue weighted by Gasteiger charge is -2.38. The quantitative estimate of drug-likeness (QED) is 0.607. The monoisotopic (exact) mass is 426 g/mol. The maximum atomic E-state index is 6.14. The number of rotatable bonds is 5. The predicted molar refractivity (Wildman–Crippen MR) is 124 cm³/mol. The van der Waals surface area contributed by atoms with E-state index in [2.05, 4.69) is 24.5 Å². The van der Waals surface area contributed by atoms with Crippen molar-refractivity contribution >= 4 is 23.0 Å². The Balaban J connectivity index is 1.41. The van der Waals surface area contributed by atoms with E-state index in [1.807, 2.05) is 42.5 Å². The topological polar surface area (TPSA) is 51.8 Å². The summed E-state index contributed by atoms with van der Waals surface area (Å²) in [6.45, 7) is 4.18. The maximum absolute atomic E-state index is 6.14. The van der Waals surface area contributed by atoms with Gasteiger partial charge in [0.25, 0.3) is 0 Å². The first kappa shape index (κ1) is 20.8. The molecule has 0 radical (unpaired) electrons. The van der Waals surface area contributed by atoms with Crippen molar-refractivity contribution in [2.75, 3.05) is 12.4 Å². The standard InChI is InChI=1S/C24H30N2O3S/c1-24(2)15-21(20-14-19(27-3)12-13-22(20)29-24)26-23(30)25-16-8-10-18(11-9-16)28-17-6-4-5-7-17/h8-14,17,21H,4-7,15H2,1-3H3,(H2,25,26,30)/t21-/m1/s1. The molecule has 4 rings (SSSR count). The number of hydrogen-bond acceptors (Lipinski definition) is 4. The number of methoxy groups -OCH3 is 1. The third-order valence-corrected chi connectivity index (χ3v) is 5.92. The minimum absolute atomic E-state index is 0.0313. The Hall–Kier alpha value is -2.47. The highest BCUT2D eigenvalue weighted by molar-refractivity contribution is 7.80. The van der Waals surface area contributed by atoms with E-state index in [1.54, 1.807) is 7.11 Å². The molecule has 0 bridgehead atoms. The Morgan fingerprint density at radius 3 is 2.47 bits per heavy atom. The van der Waals surface area contributed by atoms with Crippen LogP contribution in [0.25, 0.3) is 0 Å². The van der Waals surface area contributed by atoms with Gasteiger partial charge in [0.1, 0.15) is 22.8 Å². The average Bonchev–Trinajstić information content (AvgIpc) is 3.21. The van der Waals surface area contributed by atoms with E-state index >= 15 is 0 Å². The van der Waals surface area contributed by atoms with E-state index in [4.69, 9.17) is 26.4 Å². The minimum Gasteiger partial charge on any atom is -0.497 e. The van der Waals surface area contributed by atoms with Crippen molar-refractivity contribution in [1.82, 2.24) is 5.32 Å². The molecule has 1 atom stereocenters. The van der Waals surface area contributed by atoms with Crippen LogP contribution in [-0.4, -0.2) is 23.9 Å². The third-order valence-electron chi connectivity index (χ3n) is 5.70. The molecule has 6 heteroatoms. The molecule has 0 saturated heterocycles. The molecular weight excluding hydrogens is 396 g/mol. The lowest BCUT2D eigenvalue weighted by Crippen LogP contribution is -2.42. The van der Waals surface area contributed by atoms with Crippen LogP contribution in [-0.2, 0) is 0 Å². The van der Waals surface area contributed by atoms with Crippen molar-refractivity contribution in [1.29, 1.82) is 0 Å². The summed E-state index contributed by atoms with van der Waals surface area (Å²) >= 11 is 5.61. The van der Waals surface area contributed by atoms with Gasteiger partial charge in [-0.1, -0.05) is 0 Å². The first-order valence-electron chi connectivity index (χ1n) is 10.6. The zero-order valence-electron chi connectivity index (χ0n) is 17.9. The van der Waals surface area contributed by atoms with Crippen LogP contribution in [0.3, 0.4) is 0 Å². The fraction of sp³-hybridized carbons (Fsp3) is 0.458. The second-order valence-corrected chi connectivity index (χ2v) is 9.08. The van der Waals surface area contributed by atoms with Crippen molar-refractivity contribution in [3.63, 3.8) is 0 Å². The van der Waals surface area contributed by atoms with Gasteiger partial charge < -0.3 is 24.8 Å². The van der Waals surface area contributed by atoms with Gasteiger partial charge >= 0.3 is 0 Å². The predicted octanol–water partition coefficient (Wildman–Crippen LogP) is 5.61. The summed E-state index contributed by atoms with van der Waals surface area (Å²) in [5.74, 6) is 2.58. The van der Waals surface area contributed by atoms with Crippen LogP contribution in [0.5, 0.6) is 17.2 Å². The highest BCUT2D eigenvalue weighted by atomic mass is 32.1. The molecule has 1 aliphatic heterocycles. The molecule has 2 aromatic rings. The van der Waals surface area contributed by atoms with Gasteiger partial charge in [-0.25, -0.2) is 0 Å². The van der Waals surface area contributed by atoms with E-state index in [1.165, 1.54) is 12.8 Å². The summed E-state index contributed by atoms with van der Waals surface area (Å²) in [5, 5.41) is 7.33. The Morgan fingerprint density at radius 1 is 1.07 bits per heavy atom. The number of ether oxygens (including phenoxy) is 3. The minimum atomic E-state index is -0.284. The third kappa shape index (κ3) is 4.98. The molecule has 1 fully saturated rings. The Morgan fingerprint density at radius 2 is 1.77 bits per heavy atom. The van der Waals surface area contributed by atoms with Gasteiger partial charge in [-0.05, 0) is 94.2 Å². The number of benzene rings is 2. The first-order chi connectivity index (χ1) is 14.4. The fourth-order valence-electron chi connectivity index (χ4n) is 4.23. The molecule has 2 aliphatic rings. The molecule has 2 N–H and O–H groups in total. The van der Waals surface area contributed by atoms with Crippen LogP contribution in [0.1, 0.15) is 57.6 Å². The number of nitrogens with one attached hydrogen (secondary N) is 2. The van der Waals surface area contributed by atoms with Gasteiger partial charge in [-0.2, -0.15) is 0 Å². The lowest BCUT2D eigenvalue weighted by molar-refractivity contribution is 0.0695. The largest absolute Gasteiger partial charge is 0.497 e. The van der Waals surface area contributed by atoms with Crippen LogP contribution in [0, 0.1) is 0 Å². The van der Waals surface area contributed by atoms with Gasteiger partial charge in [-0.3, -0.25) is 0 Å². The SMILES string of the molecule is COc1ccc2c(c1)[C@H](NC(=S)Nc1ccc(OC3CCCC3)cc1)CC(C)(C)O2. The molecule has 0 amide bonds. The first-order valence-corrected chi connectivity index (χ1v) is 11.0. The highest BCUT2D eigenvalue weighted by Crippen LogP contribution is 2.41. The van der Waals surface area contributed by atoms with E-state index in [9.17, 15) is 0 Å². The fourth-order valence-corrected chi connectivity index (χ4v) is 4.49. The van der Waals surface area contributed by atoms with E-state index in [-0.39, 0.29) is 11.6 Å². The molecular formula is C24H30N2O3S. The molecule has 1 saturated carbocycles. The second-order valence-electron chi connectivity index (χ2n) is 8.67.